The van der Waals surface area contributed by atoms with E-state index in [4.69, 9.17) is 0 Å². The monoisotopic (exact) mass is 481 g/mol. The molecule has 17 heteroatoms. The van der Waals surface area contributed by atoms with Gasteiger partial charge in [-0.1, -0.05) is 13.8 Å². The Bertz CT molecular complexity index is 878. The fourth-order valence-electron chi connectivity index (χ4n) is 1.98. The van der Waals surface area contributed by atoms with E-state index in [1.54, 1.807) is 0 Å². The maximum Gasteiger partial charge on any atom is 0.460 e. The van der Waals surface area contributed by atoms with Crippen LogP contribution in [0.15, 0.2) is 10.6 Å². The summed E-state index contributed by atoms with van der Waals surface area (Å²) in [4.78, 5) is 11.7. The van der Waals surface area contributed by atoms with E-state index in [1.165, 1.54) is 13.8 Å². The third-order valence-electron chi connectivity index (χ3n) is 3.56. The minimum absolute atomic E-state index is 0.356. The third-order valence-corrected chi connectivity index (χ3v) is 4.83. The minimum Gasteiger partial charge on any atom is -0.468 e. The first-order chi connectivity index (χ1) is 13.2. The molecule has 30 heavy (non-hydrogen) atoms. The first-order valence-electron chi connectivity index (χ1n) is 7.43. The number of alkyl halides is 9. The van der Waals surface area contributed by atoms with Gasteiger partial charge < -0.3 is 13.4 Å². The van der Waals surface area contributed by atoms with Gasteiger partial charge in [-0.15, -0.1) is 0 Å². The zero-order valence-electron chi connectivity index (χ0n) is 14.9. The maximum atomic E-state index is 13.6. The van der Waals surface area contributed by atoms with Crippen molar-refractivity contribution >= 4 is 16.1 Å². The van der Waals surface area contributed by atoms with Crippen LogP contribution in [0.25, 0.3) is 0 Å². The summed E-state index contributed by atoms with van der Waals surface area (Å²) < 4.78 is 151. The molecule has 0 saturated carbocycles. The molecule has 1 aromatic heterocycles. The number of rotatable bonds is 8. The Morgan fingerprint density at radius 1 is 1.03 bits per heavy atom. The molecule has 0 N–H and O–H groups in total. The Balaban J connectivity index is 3.32. The number of nitrogens with zero attached hydrogens (tertiary/aromatic N) is 1. The Morgan fingerprint density at radius 3 is 1.93 bits per heavy atom. The number of halogens is 9. The Morgan fingerprint density at radius 2 is 1.53 bits per heavy atom. The number of methoxy groups -OCH3 is 1. The molecule has 1 atom stereocenters. The van der Waals surface area contributed by atoms with Crippen LogP contribution < -0.4 is 4.18 Å². The van der Waals surface area contributed by atoms with Crippen molar-refractivity contribution in [2.45, 2.75) is 43.0 Å². The number of hydrogen-bond acceptors (Lipinski definition) is 7. The van der Waals surface area contributed by atoms with Crippen LogP contribution >= 0.6 is 0 Å². The summed E-state index contributed by atoms with van der Waals surface area (Å²) in [5.41, 5.74) is 0. The van der Waals surface area contributed by atoms with Gasteiger partial charge in [0, 0.05) is 6.07 Å². The maximum absolute atomic E-state index is 13.6. The topological polar surface area (TPSA) is 95.7 Å². The largest absolute Gasteiger partial charge is 0.468 e. The molecule has 7 nitrogen and oxygen atoms in total. The van der Waals surface area contributed by atoms with Crippen LogP contribution in [0.4, 0.5) is 39.5 Å². The normalized spacial score (nSPS) is 15.2. The Hall–Kier alpha value is -2.20. The lowest BCUT2D eigenvalue weighted by atomic mass is 9.93. The van der Waals surface area contributed by atoms with Crippen molar-refractivity contribution in [3.05, 3.63) is 11.8 Å². The summed E-state index contributed by atoms with van der Waals surface area (Å²) in [6, 6.07) is 0.356. The molecule has 1 aromatic rings. The van der Waals surface area contributed by atoms with Crippen molar-refractivity contribution in [1.29, 1.82) is 0 Å². The predicted molar refractivity (Wildman–Crippen MR) is 76.5 cm³/mol. The highest BCUT2D eigenvalue weighted by molar-refractivity contribution is 7.88. The van der Waals surface area contributed by atoms with Crippen molar-refractivity contribution in [3.63, 3.8) is 0 Å². The zero-order chi connectivity index (χ0) is 23.9. The number of aromatic nitrogens is 1. The third kappa shape index (κ3) is 4.15. The van der Waals surface area contributed by atoms with Crippen molar-refractivity contribution in [3.8, 4) is 5.88 Å². The fourth-order valence-corrected chi connectivity index (χ4v) is 2.83. The van der Waals surface area contributed by atoms with Crippen molar-refractivity contribution in [2.24, 2.45) is 5.92 Å². The molecule has 0 fully saturated rings. The Kier molecular flexibility index (Phi) is 6.72. The molecule has 0 aromatic carbocycles. The minimum atomic E-state index is -7.46. The standard InChI is InChI=1S/C13H12F9NO6S/c1-5(2)8(9(24)27-3)6-4-7(23-28-6)29-30(25,26)13(21,22)11(16,17)10(14,15)12(18,19)20/h4-5,8H,1-3H3. The predicted octanol–water partition coefficient (Wildman–Crippen LogP) is 3.72. The molecule has 0 saturated heterocycles. The highest BCUT2D eigenvalue weighted by Gasteiger charge is 2.86. The molecular weight excluding hydrogens is 469 g/mol. The average molecular weight is 481 g/mol. The first kappa shape index (κ1) is 25.8. The van der Waals surface area contributed by atoms with Gasteiger partial charge in [0.05, 0.1) is 7.11 Å². The lowest BCUT2D eigenvalue weighted by Gasteiger charge is -2.32. The van der Waals surface area contributed by atoms with Crippen LogP contribution in [0.2, 0.25) is 0 Å². The smallest absolute Gasteiger partial charge is 0.460 e. The van der Waals surface area contributed by atoms with Gasteiger partial charge in [0.15, 0.2) is 5.76 Å². The van der Waals surface area contributed by atoms with E-state index in [9.17, 15) is 52.7 Å². The van der Waals surface area contributed by atoms with E-state index < -0.39 is 62.8 Å². The van der Waals surface area contributed by atoms with Gasteiger partial charge in [-0.3, -0.25) is 4.79 Å². The number of ether oxygens (including phenoxy) is 1. The van der Waals surface area contributed by atoms with Crippen LogP contribution in [0.1, 0.15) is 25.5 Å². The van der Waals surface area contributed by atoms with E-state index in [2.05, 4.69) is 18.6 Å². The van der Waals surface area contributed by atoms with Crippen molar-refractivity contribution in [1.82, 2.24) is 5.16 Å². The van der Waals surface area contributed by atoms with E-state index in [-0.39, 0.29) is 0 Å². The van der Waals surface area contributed by atoms with E-state index in [0.717, 1.165) is 7.11 Å². The van der Waals surface area contributed by atoms with Crippen molar-refractivity contribution < 1.29 is 66.2 Å². The fraction of sp³-hybridized carbons (Fsp3) is 0.692. The highest BCUT2D eigenvalue weighted by atomic mass is 32.2. The lowest BCUT2D eigenvalue weighted by molar-refractivity contribution is -0.382. The molecule has 174 valence electrons. The van der Waals surface area contributed by atoms with E-state index >= 15 is 0 Å². The van der Waals surface area contributed by atoms with Gasteiger partial charge >= 0.3 is 39.4 Å². The van der Waals surface area contributed by atoms with E-state index in [0.29, 0.717) is 6.07 Å². The molecule has 0 aliphatic heterocycles. The molecule has 1 rings (SSSR count). The van der Waals surface area contributed by atoms with Crippen LogP contribution in [0.3, 0.4) is 0 Å². The quantitative estimate of drug-likeness (QED) is 0.317. The van der Waals surface area contributed by atoms with E-state index in [1.807, 2.05) is 0 Å². The Labute approximate surface area is 162 Å². The second-order valence-electron chi connectivity index (χ2n) is 6.01. The average Bonchev–Trinajstić information content (AvgIpc) is 2.99. The highest BCUT2D eigenvalue weighted by Crippen LogP contribution is 2.54. The first-order valence-corrected chi connectivity index (χ1v) is 8.84. The zero-order valence-corrected chi connectivity index (χ0v) is 15.8. The van der Waals surface area contributed by atoms with Crippen molar-refractivity contribution in [2.75, 3.05) is 7.11 Å². The molecule has 1 unspecified atom stereocenters. The van der Waals surface area contributed by atoms with Gasteiger partial charge in [0.1, 0.15) is 5.92 Å². The lowest BCUT2D eigenvalue weighted by Crippen LogP contribution is -2.63. The van der Waals surface area contributed by atoms with Gasteiger partial charge in [-0.2, -0.15) is 47.9 Å². The van der Waals surface area contributed by atoms with Gasteiger partial charge in [0.2, 0.25) is 0 Å². The summed E-state index contributed by atoms with van der Waals surface area (Å²) in [6.07, 6.45) is -7.22. The number of carbonyl (C=O) groups excluding carboxylic acids is 1. The molecular formula is C13H12F9NO6S. The second-order valence-corrected chi connectivity index (χ2v) is 7.60. The number of carbonyl (C=O) groups is 1. The van der Waals surface area contributed by atoms with Crippen LogP contribution in [-0.4, -0.2) is 49.9 Å². The van der Waals surface area contributed by atoms with Gasteiger partial charge in [-0.05, 0) is 11.1 Å². The summed E-state index contributed by atoms with van der Waals surface area (Å²) in [7, 11) is -6.23. The van der Waals surface area contributed by atoms with Crippen LogP contribution in [-0.2, 0) is 19.6 Å². The van der Waals surface area contributed by atoms with Gasteiger partial charge in [0.25, 0.3) is 5.88 Å². The number of hydrogen-bond donors (Lipinski definition) is 0. The van der Waals surface area contributed by atoms with Crippen LogP contribution in [0.5, 0.6) is 5.88 Å². The second kappa shape index (κ2) is 7.81. The van der Waals surface area contributed by atoms with Gasteiger partial charge in [-0.25, -0.2) is 0 Å². The molecule has 0 radical (unpaired) electrons. The molecule has 0 aliphatic rings. The molecule has 1 heterocycles. The molecule has 0 spiro atoms. The molecule has 0 bridgehead atoms. The summed E-state index contributed by atoms with van der Waals surface area (Å²) in [6.45, 7) is 2.85. The molecule has 0 amide bonds. The number of esters is 1. The summed E-state index contributed by atoms with van der Waals surface area (Å²) in [5.74, 6) is -19.9. The SMILES string of the molecule is COC(=O)C(c1cc(OS(=O)(=O)C(F)(F)C(F)(F)C(F)(F)C(F)(F)F)no1)C(C)C. The summed E-state index contributed by atoms with van der Waals surface area (Å²) in [5, 5.41) is -4.30. The summed E-state index contributed by atoms with van der Waals surface area (Å²) >= 11 is 0. The van der Waals surface area contributed by atoms with Crippen LogP contribution in [0, 0.1) is 5.92 Å². The molecule has 0 aliphatic carbocycles.